The second-order valence-corrected chi connectivity index (χ2v) is 4.81. The van der Waals surface area contributed by atoms with Crippen LogP contribution >= 0.6 is 0 Å². The van der Waals surface area contributed by atoms with Crippen molar-refractivity contribution in [2.75, 3.05) is 48.9 Å². The Kier molecular flexibility index (Phi) is 4.16. The number of anilines is 4. The maximum absolute atomic E-state index is 5.37. The van der Waals surface area contributed by atoms with Crippen LogP contribution in [0.2, 0.25) is 0 Å². The molecule has 0 spiro atoms. The Bertz CT molecular complexity index is 581. The highest BCUT2D eigenvalue weighted by Gasteiger charge is 2.10. The SMILES string of the molecule is CNc1cncc(Nc2ccc(N3CCOCC3)cc2)n1. The largest absolute Gasteiger partial charge is 0.378 e. The van der Waals surface area contributed by atoms with E-state index < -0.39 is 0 Å². The van der Waals surface area contributed by atoms with Gasteiger partial charge < -0.3 is 20.3 Å². The lowest BCUT2D eigenvalue weighted by atomic mass is 10.2. The molecule has 1 aliphatic heterocycles. The smallest absolute Gasteiger partial charge is 0.151 e. The van der Waals surface area contributed by atoms with Gasteiger partial charge in [0.15, 0.2) is 5.82 Å². The van der Waals surface area contributed by atoms with Crippen molar-refractivity contribution in [1.29, 1.82) is 0 Å². The zero-order valence-corrected chi connectivity index (χ0v) is 12.0. The van der Waals surface area contributed by atoms with E-state index in [1.165, 1.54) is 5.69 Å². The molecule has 1 aromatic heterocycles. The number of morpholine rings is 1. The first-order valence-electron chi connectivity index (χ1n) is 7.05. The van der Waals surface area contributed by atoms with Crippen molar-refractivity contribution < 1.29 is 4.74 Å². The van der Waals surface area contributed by atoms with Gasteiger partial charge in [-0.25, -0.2) is 4.98 Å². The lowest BCUT2D eigenvalue weighted by molar-refractivity contribution is 0.122. The Morgan fingerprint density at radius 2 is 1.76 bits per heavy atom. The molecule has 1 saturated heterocycles. The van der Waals surface area contributed by atoms with Crippen molar-refractivity contribution in [3.05, 3.63) is 36.7 Å². The molecule has 2 aromatic rings. The number of hydrogen-bond donors (Lipinski definition) is 2. The average Bonchev–Trinajstić information content (AvgIpc) is 2.56. The summed E-state index contributed by atoms with van der Waals surface area (Å²) in [5.74, 6) is 1.46. The van der Waals surface area contributed by atoms with Crippen LogP contribution in [-0.4, -0.2) is 43.3 Å². The Morgan fingerprint density at radius 3 is 2.48 bits per heavy atom. The first-order chi connectivity index (χ1) is 10.3. The van der Waals surface area contributed by atoms with Crippen LogP contribution in [-0.2, 0) is 4.74 Å². The fourth-order valence-corrected chi connectivity index (χ4v) is 2.27. The standard InChI is InChI=1S/C15H19N5O/c1-16-14-10-17-11-15(19-14)18-12-2-4-13(5-3-12)20-6-8-21-9-7-20/h2-5,10-11H,6-9H2,1H3,(H2,16,18,19). The molecule has 3 rings (SSSR count). The molecular weight excluding hydrogens is 266 g/mol. The summed E-state index contributed by atoms with van der Waals surface area (Å²) in [5, 5.41) is 6.23. The lowest BCUT2D eigenvalue weighted by Gasteiger charge is -2.28. The highest BCUT2D eigenvalue weighted by molar-refractivity contribution is 5.61. The summed E-state index contributed by atoms with van der Waals surface area (Å²) in [4.78, 5) is 10.8. The summed E-state index contributed by atoms with van der Waals surface area (Å²) in [6.45, 7) is 3.49. The number of ether oxygens (including phenoxy) is 1. The fraction of sp³-hybridized carbons (Fsp3) is 0.333. The minimum Gasteiger partial charge on any atom is -0.378 e. The number of hydrogen-bond acceptors (Lipinski definition) is 6. The number of aromatic nitrogens is 2. The fourth-order valence-electron chi connectivity index (χ4n) is 2.27. The summed E-state index contributed by atoms with van der Waals surface area (Å²) >= 11 is 0. The summed E-state index contributed by atoms with van der Waals surface area (Å²) < 4.78 is 5.37. The quantitative estimate of drug-likeness (QED) is 0.897. The highest BCUT2D eigenvalue weighted by atomic mass is 16.5. The molecule has 0 saturated carbocycles. The van der Waals surface area contributed by atoms with E-state index in [4.69, 9.17) is 4.74 Å². The van der Waals surface area contributed by atoms with Gasteiger partial charge in [-0.05, 0) is 24.3 Å². The van der Waals surface area contributed by atoms with Crippen LogP contribution in [0.4, 0.5) is 23.0 Å². The molecule has 0 bridgehead atoms. The summed E-state index contributed by atoms with van der Waals surface area (Å²) in [7, 11) is 1.82. The molecule has 6 heteroatoms. The zero-order valence-electron chi connectivity index (χ0n) is 12.0. The summed E-state index contributed by atoms with van der Waals surface area (Å²) in [6.07, 6.45) is 3.39. The first-order valence-corrected chi connectivity index (χ1v) is 7.05. The highest BCUT2D eigenvalue weighted by Crippen LogP contribution is 2.21. The van der Waals surface area contributed by atoms with Crippen LogP contribution in [0.25, 0.3) is 0 Å². The number of benzene rings is 1. The van der Waals surface area contributed by atoms with Crippen molar-refractivity contribution >= 4 is 23.0 Å². The molecule has 0 aliphatic carbocycles. The average molecular weight is 285 g/mol. The molecule has 0 radical (unpaired) electrons. The maximum atomic E-state index is 5.37. The van der Waals surface area contributed by atoms with Gasteiger partial charge >= 0.3 is 0 Å². The Labute approximate surface area is 124 Å². The Hall–Kier alpha value is -2.34. The number of nitrogens with zero attached hydrogens (tertiary/aromatic N) is 3. The van der Waals surface area contributed by atoms with Crippen molar-refractivity contribution in [2.45, 2.75) is 0 Å². The van der Waals surface area contributed by atoms with E-state index in [0.717, 1.165) is 43.6 Å². The molecule has 1 fully saturated rings. The molecule has 1 aromatic carbocycles. The molecule has 0 amide bonds. The zero-order chi connectivity index (χ0) is 14.5. The van der Waals surface area contributed by atoms with Gasteiger partial charge in [0, 0.05) is 31.5 Å². The molecular formula is C15H19N5O. The van der Waals surface area contributed by atoms with Gasteiger partial charge in [0.1, 0.15) is 5.82 Å². The lowest BCUT2D eigenvalue weighted by Crippen LogP contribution is -2.36. The second kappa shape index (κ2) is 6.41. The third-order valence-electron chi connectivity index (χ3n) is 3.41. The van der Waals surface area contributed by atoms with Gasteiger partial charge in [-0.2, -0.15) is 0 Å². The third kappa shape index (κ3) is 3.41. The molecule has 110 valence electrons. The van der Waals surface area contributed by atoms with Gasteiger partial charge in [0.25, 0.3) is 0 Å². The number of rotatable bonds is 4. The van der Waals surface area contributed by atoms with Crippen molar-refractivity contribution in [2.24, 2.45) is 0 Å². The van der Waals surface area contributed by atoms with E-state index in [1.54, 1.807) is 12.4 Å². The molecule has 2 N–H and O–H groups in total. The van der Waals surface area contributed by atoms with Gasteiger partial charge in [0.2, 0.25) is 0 Å². The van der Waals surface area contributed by atoms with E-state index in [-0.39, 0.29) is 0 Å². The normalized spacial score (nSPS) is 14.8. The summed E-state index contributed by atoms with van der Waals surface area (Å²) in [6, 6.07) is 8.34. The predicted octanol–water partition coefficient (Wildman–Crippen LogP) is 2.10. The summed E-state index contributed by atoms with van der Waals surface area (Å²) in [5.41, 5.74) is 2.22. The van der Waals surface area contributed by atoms with Gasteiger partial charge in [-0.15, -0.1) is 0 Å². The van der Waals surface area contributed by atoms with Crippen LogP contribution in [0.1, 0.15) is 0 Å². The second-order valence-electron chi connectivity index (χ2n) is 4.81. The van der Waals surface area contributed by atoms with Crippen molar-refractivity contribution in [1.82, 2.24) is 9.97 Å². The molecule has 2 heterocycles. The number of nitrogens with one attached hydrogen (secondary N) is 2. The molecule has 6 nitrogen and oxygen atoms in total. The molecule has 0 unspecified atom stereocenters. The minimum absolute atomic E-state index is 0.723. The predicted molar refractivity (Wildman–Crippen MR) is 84.3 cm³/mol. The third-order valence-corrected chi connectivity index (χ3v) is 3.41. The minimum atomic E-state index is 0.723. The van der Waals surface area contributed by atoms with E-state index in [2.05, 4.69) is 49.8 Å². The van der Waals surface area contributed by atoms with Crippen molar-refractivity contribution in [3.63, 3.8) is 0 Å². The topological polar surface area (TPSA) is 62.3 Å². The van der Waals surface area contributed by atoms with E-state index in [0.29, 0.717) is 0 Å². The first kappa shape index (κ1) is 13.6. The van der Waals surface area contributed by atoms with Gasteiger partial charge in [0.05, 0.1) is 25.6 Å². The van der Waals surface area contributed by atoms with Gasteiger partial charge in [-0.3, -0.25) is 4.98 Å². The maximum Gasteiger partial charge on any atom is 0.151 e. The molecule has 21 heavy (non-hydrogen) atoms. The van der Waals surface area contributed by atoms with Crippen LogP contribution in [0.3, 0.4) is 0 Å². The van der Waals surface area contributed by atoms with Crippen LogP contribution in [0.15, 0.2) is 36.7 Å². The van der Waals surface area contributed by atoms with Crippen LogP contribution in [0.5, 0.6) is 0 Å². The van der Waals surface area contributed by atoms with Crippen molar-refractivity contribution in [3.8, 4) is 0 Å². The Balaban J connectivity index is 1.68. The molecule has 0 atom stereocenters. The molecule has 1 aliphatic rings. The van der Waals surface area contributed by atoms with Gasteiger partial charge in [-0.1, -0.05) is 0 Å². The van der Waals surface area contributed by atoms with E-state index in [9.17, 15) is 0 Å². The van der Waals surface area contributed by atoms with Crippen LogP contribution < -0.4 is 15.5 Å². The monoisotopic (exact) mass is 285 g/mol. The Morgan fingerprint density at radius 1 is 1.05 bits per heavy atom. The van der Waals surface area contributed by atoms with E-state index in [1.807, 2.05) is 7.05 Å². The van der Waals surface area contributed by atoms with Crippen LogP contribution in [0, 0.1) is 0 Å². The van der Waals surface area contributed by atoms with E-state index >= 15 is 0 Å².